The maximum absolute atomic E-state index is 6.45. The van der Waals surface area contributed by atoms with Crippen molar-refractivity contribution < 1.29 is 4.42 Å². The first-order chi connectivity index (χ1) is 28.3. The second-order valence-corrected chi connectivity index (χ2v) is 17.0. The van der Waals surface area contributed by atoms with Gasteiger partial charge >= 0.3 is 0 Å². The van der Waals surface area contributed by atoms with Crippen LogP contribution in [0.25, 0.3) is 66.8 Å². The molecular formula is C56H43NO. The highest BCUT2D eigenvalue weighted by atomic mass is 16.3. The fourth-order valence-corrected chi connectivity index (χ4v) is 9.82. The van der Waals surface area contributed by atoms with Crippen LogP contribution < -0.4 is 4.90 Å². The Labute approximate surface area is 340 Å². The highest BCUT2D eigenvalue weighted by Crippen LogP contribution is 2.54. The number of fused-ring (bicyclic) bond motifs is 8. The van der Waals surface area contributed by atoms with E-state index in [0.29, 0.717) is 0 Å². The molecule has 11 rings (SSSR count). The predicted molar refractivity (Wildman–Crippen MR) is 242 cm³/mol. The Hall–Kier alpha value is -6.90. The van der Waals surface area contributed by atoms with Crippen LogP contribution in [0.15, 0.2) is 192 Å². The summed E-state index contributed by atoms with van der Waals surface area (Å²) in [5.41, 5.74) is 20.5. The third kappa shape index (κ3) is 5.25. The first-order valence-corrected chi connectivity index (χ1v) is 20.3. The lowest BCUT2D eigenvalue weighted by Gasteiger charge is -2.27. The van der Waals surface area contributed by atoms with E-state index < -0.39 is 0 Å². The maximum atomic E-state index is 6.45. The van der Waals surface area contributed by atoms with Crippen LogP contribution in [0, 0.1) is 0 Å². The number of nitrogens with zero attached hydrogens (tertiary/aromatic N) is 1. The van der Waals surface area contributed by atoms with E-state index >= 15 is 0 Å². The van der Waals surface area contributed by atoms with Crippen molar-refractivity contribution >= 4 is 28.0 Å². The van der Waals surface area contributed by atoms with Crippen LogP contribution in [-0.2, 0) is 10.8 Å². The van der Waals surface area contributed by atoms with E-state index in [0.717, 1.165) is 28.4 Å². The molecule has 0 spiro atoms. The molecule has 58 heavy (non-hydrogen) atoms. The average Bonchev–Trinajstić information content (AvgIpc) is 3.85. The fraction of sp³-hybridized carbons (Fsp3) is 0.107. The minimum absolute atomic E-state index is 0.0513. The van der Waals surface area contributed by atoms with Gasteiger partial charge in [0.15, 0.2) is 0 Å². The monoisotopic (exact) mass is 745 g/mol. The van der Waals surface area contributed by atoms with Gasteiger partial charge in [0.1, 0.15) is 11.3 Å². The van der Waals surface area contributed by atoms with Crippen molar-refractivity contribution in [3.05, 3.63) is 210 Å². The first kappa shape index (κ1) is 34.4. The van der Waals surface area contributed by atoms with E-state index in [4.69, 9.17) is 4.42 Å². The molecule has 0 saturated heterocycles. The molecule has 278 valence electrons. The molecule has 0 atom stereocenters. The zero-order chi connectivity index (χ0) is 39.2. The number of rotatable bonds is 6. The molecule has 1 aromatic heterocycles. The number of benzene rings is 8. The summed E-state index contributed by atoms with van der Waals surface area (Å²) >= 11 is 0. The molecule has 0 aliphatic heterocycles. The summed E-state index contributed by atoms with van der Waals surface area (Å²) in [6.07, 6.45) is 0. The van der Waals surface area contributed by atoms with Crippen molar-refractivity contribution in [1.29, 1.82) is 0 Å². The standard InChI is InChI=1S/C56H43NO/c1-55(2)49-16-10-8-14-45(49)48-35-44(31-33-50(48)55)57(42-27-22-39(23-28-42)38-20-18-37(19-21-38)36-12-6-5-7-13-36)43-29-24-40(25-30-43)41-26-32-46-51(34-41)56(3,4)53-47-15-9-11-17-52(47)58-54(46)53/h5-35H,1-4H3. The number of para-hydroxylation sites is 1. The van der Waals surface area contributed by atoms with Gasteiger partial charge in [-0.3, -0.25) is 0 Å². The molecule has 0 radical (unpaired) electrons. The van der Waals surface area contributed by atoms with E-state index in [1.807, 2.05) is 6.07 Å². The Morgan fingerprint density at radius 2 is 0.879 bits per heavy atom. The van der Waals surface area contributed by atoms with Gasteiger partial charge in [0, 0.05) is 44.4 Å². The molecule has 0 N–H and O–H groups in total. The number of furan rings is 1. The molecule has 0 saturated carbocycles. The highest BCUT2D eigenvalue weighted by molar-refractivity contribution is 5.95. The second-order valence-electron chi connectivity index (χ2n) is 17.0. The lowest BCUT2D eigenvalue weighted by atomic mass is 9.80. The molecule has 2 heteroatoms. The Morgan fingerprint density at radius 3 is 1.57 bits per heavy atom. The summed E-state index contributed by atoms with van der Waals surface area (Å²) in [5.74, 6) is 1.01. The smallest absolute Gasteiger partial charge is 0.139 e. The van der Waals surface area contributed by atoms with E-state index in [-0.39, 0.29) is 10.8 Å². The number of anilines is 3. The van der Waals surface area contributed by atoms with Crippen LogP contribution in [0.2, 0.25) is 0 Å². The molecule has 2 aliphatic rings. The lowest BCUT2D eigenvalue weighted by molar-refractivity contribution is 0.619. The molecule has 0 amide bonds. The lowest BCUT2D eigenvalue weighted by Crippen LogP contribution is -2.15. The van der Waals surface area contributed by atoms with Gasteiger partial charge in [0.25, 0.3) is 0 Å². The van der Waals surface area contributed by atoms with Crippen molar-refractivity contribution in [2.75, 3.05) is 4.90 Å². The van der Waals surface area contributed by atoms with Crippen molar-refractivity contribution in [2.45, 2.75) is 38.5 Å². The topological polar surface area (TPSA) is 16.4 Å². The van der Waals surface area contributed by atoms with Gasteiger partial charge in [-0.1, -0.05) is 167 Å². The minimum atomic E-state index is -0.166. The Kier molecular flexibility index (Phi) is 7.59. The van der Waals surface area contributed by atoms with Crippen LogP contribution in [0.5, 0.6) is 0 Å². The summed E-state index contributed by atoms with van der Waals surface area (Å²) in [5, 5.41) is 1.21. The van der Waals surface area contributed by atoms with Gasteiger partial charge in [-0.25, -0.2) is 0 Å². The molecule has 9 aromatic rings. The van der Waals surface area contributed by atoms with Crippen molar-refractivity contribution in [2.24, 2.45) is 0 Å². The van der Waals surface area contributed by atoms with E-state index in [1.165, 1.54) is 77.7 Å². The second kappa shape index (κ2) is 12.8. The van der Waals surface area contributed by atoms with E-state index in [2.05, 4.69) is 215 Å². The zero-order valence-electron chi connectivity index (χ0n) is 33.3. The summed E-state index contributed by atoms with van der Waals surface area (Å²) in [7, 11) is 0. The predicted octanol–water partition coefficient (Wildman–Crippen LogP) is 15.5. The van der Waals surface area contributed by atoms with E-state index in [9.17, 15) is 0 Å². The quantitative estimate of drug-likeness (QED) is 0.169. The Morgan fingerprint density at radius 1 is 0.362 bits per heavy atom. The molecule has 1 heterocycles. The van der Waals surface area contributed by atoms with Gasteiger partial charge in [0.05, 0.1) is 0 Å². The van der Waals surface area contributed by atoms with Crippen molar-refractivity contribution in [3.63, 3.8) is 0 Å². The zero-order valence-corrected chi connectivity index (χ0v) is 33.3. The molecule has 8 aromatic carbocycles. The first-order valence-electron chi connectivity index (χ1n) is 20.3. The SMILES string of the molecule is CC1(C)c2ccccc2-c2cc(N(c3ccc(-c4ccc(-c5ccccc5)cc4)cc3)c3ccc(-c4ccc5c(c4)C(C)(C)c4c-5oc5ccccc45)cc3)ccc21. The highest BCUT2D eigenvalue weighted by Gasteiger charge is 2.40. The molecule has 0 unspecified atom stereocenters. The van der Waals surface area contributed by atoms with Gasteiger partial charge in [-0.05, 0) is 110 Å². The Balaban J connectivity index is 0.969. The largest absolute Gasteiger partial charge is 0.456 e. The van der Waals surface area contributed by atoms with Gasteiger partial charge in [-0.15, -0.1) is 0 Å². The summed E-state index contributed by atoms with van der Waals surface area (Å²) in [6, 6.07) is 68.7. The van der Waals surface area contributed by atoms with Crippen LogP contribution in [-0.4, -0.2) is 0 Å². The summed E-state index contributed by atoms with van der Waals surface area (Å²) < 4.78 is 6.45. The summed E-state index contributed by atoms with van der Waals surface area (Å²) in [4.78, 5) is 2.40. The molecule has 2 aliphatic carbocycles. The summed E-state index contributed by atoms with van der Waals surface area (Å²) in [6.45, 7) is 9.33. The van der Waals surface area contributed by atoms with Gasteiger partial charge in [-0.2, -0.15) is 0 Å². The van der Waals surface area contributed by atoms with Crippen LogP contribution in [0.4, 0.5) is 17.1 Å². The van der Waals surface area contributed by atoms with Gasteiger partial charge in [0.2, 0.25) is 0 Å². The van der Waals surface area contributed by atoms with Crippen LogP contribution in [0.1, 0.15) is 49.9 Å². The van der Waals surface area contributed by atoms with Crippen molar-refractivity contribution in [1.82, 2.24) is 0 Å². The molecular weight excluding hydrogens is 703 g/mol. The fourth-order valence-electron chi connectivity index (χ4n) is 9.82. The third-order valence-corrected chi connectivity index (χ3v) is 12.9. The van der Waals surface area contributed by atoms with Crippen LogP contribution >= 0.6 is 0 Å². The molecule has 2 nitrogen and oxygen atoms in total. The molecule has 0 fully saturated rings. The third-order valence-electron chi connectivity index (χ3n) is 12.9. The molecule has 0 bridgehead atoms. The average molecular weight is 746 g/mol. The number of hydrogen-bond donors (Lipinski definition) is 0. The maximum Gasteiger partial charge on any atom is 0.139 e. The Bertz CT molecular complexity index is 3020. The minimum Gasteiger partial charge on any atom is -0.456 e. The normalized spacial score (nSPS) is 14.1. The van der Waals surface area contributed by atoms with E-state index in [1.54, 1.807) is 0 Å². The number of hydrogen-bond acceptors (Lipinski definition) is 2. The van der Waals surface area contributed by atoms with Crippen LogP contribution in [0.3, 0.4) is 0 Å². The van der Waals surface area contributed by atoms with Crippen molar-refractivity contribution in [3.8, 4) is 55.8 Å². The van der Waals surface area contributed by atoms with Gasteiger partial charge < -0.3 is 9.32 Å².